The van der Waals surface area contributed by atoms with Crippen LogP contribution in [0, 0.1) is 0 Å². The summed E-state index contributed by atoms with van der Waals surface area (Å²) in [5.74, 6) is 2.14. The van der Waals surface area contributed by atoms with E-state index in [-0.39, 0.29) is 12.3 Å². The van der Waals surface area contributed by atoms with Crippen molar-refractivity contribution in [3.05, 3.63) is 54.2 Å². The predicted octanol–water partition coefficient (Wildman–Crippen LogP) is 2.40. The number of ether oxygens (including phenoxy) is 2. The van der Waals surface area contributed by atoms with Crippen molar-refractivity contribution in [2.24, 2.45) is 0 Å². The topological polar surface area (TPSA) is 99.4 Å². The van der Waals surface area contributed by atoms with E-state index in [1.54, 1.807) is 44.8 Å². The lowest BCUT2D eigenvalue weighted by Crippen LogP contribution is -2.23. The lowest BCUT2D eigenvalue weighted by molar-refractivity contribution is -0.121. The quantitative estimate of drug-likeness (QED) is 0.652. The van der Waals surface area contributed by atoms with Gasteiger partial charge >= 0.3 is 0 Å². The number of benzene rings is 1. The van der Waals surface area contributed by atoms with Gasteiger partial charge in [-0.1, -0.05) is 5.16 Å². The van der Waals surface area contributed by atoms with Crippen molar-refractivity contribution >= 4 is 5.91 Å². The molecule has 0 saturated heterocycles. The number of amides is 1. The van der Waals surface area contributed by atoms with Crippen LogP contribution in [0.2, 0.25) is 0 Å². The van der Waals surface area contributed by atoms with Crippen LogP contribution in [0.15, 0.2) is 47.2 Å². The van der Waals surface area contributed by atoms with Crippen LogP contribution in [0.3, 0.4) is 0 Å². The molecule has 2 heterocycles. The number of methoxy groups -OCH3 is 2. The second-order valence-electron chi connectivity index (χ2n) is 5.70. The van der Waals surface area contributed by atoms with E-state index in [4.69, 9.17) is 14.0 Å². The van der Waals surface area contributed by atoms with Crippen LogP contribution in [0.5, 0.6) is 11.5 Å². The number of pyridine rings is 1. The fourth-order valence-electron chi connectivity index (χ4n) is 2.48. The Balaban J connectivity index is 1.51. The summed E-state index contributed by atoms with van der Waals surface area (Å²) in [6.07, 6.45) is 3.93. The highest BCUT2D eigenvalue weighted by molar-refractivity contribution is 5.76. The number of carbonyl (C=O) groups is 1. The third kappa shape index (κ3) is 4.81. The lowest BCUT2D eigenvalue weighted by Gasteiger charge is -2.11. The van der Waals surface area contributed by atoms with Crippen LogP contribution in [0.25, 0.3) is 11.4 Å². The van der Waals surface area contributed by atoms with Gasteiger partial charge in [0.2, 0.25) is 17.6 Å². The Morgan fingerprint density at radius 3 is 2.70 bits per heavy atom. The highest BCUT2D eigenvalue weighted by Crippen LogP contribution is 2.24. The van der Waals surface area contributed by atoms with Crippen molar-refractivity contribution in [1.29, 1.82) is 0 Å². The van der Waals surface area contributed by atoms with Crippen molar-refractivity contribution in [2.75, 3.05) is 14.2 Å². The number of nitrogens with one attached hydrogen (secondary N) is 1. The molecule has 3 aromatic rings. The minimum Gasteiger partial charge on any atom is -0.497 e. The van der Waals surface area contributed by atoms with Gasteiger partial charge in [0.25, 0.3) is 0 Å². The van der Waals surface area contributed by atoms with Gasteiger partial charge in [-0.2, -0.15) is 4.98 Å². The largest absolute Gasteiger partial charge is 0.497 e. The number of hydrogen-bond acceptors (Lipinski definition) is 7. The number of aryl methyl sites for hydroxylation is 1. The molecule has 0 unspecified atom stereocenters. The molecule has 140 valence electrons. The van der Waals surface area contributed by atoms with Gasteiger partial charge in [-0.05, 0) is 24.3 Å². The molecule has 8 heteroatoms. The maximum Gasteiger partial charge on any atom is 0.227 e. The van der Waals surface area contributed by atoms with E-state index in [9.17, 15) is 4.79 Å². The minimum absolute atomic E-state index is 0.114. The van der Waals surface area contributed by atoms with Gasteiger partial charge in [-0.25, -0.2) is 0 Å². The number of aromatic nitrogens is 3. The number of carbonyl (C=O) groups excluding carboxylic acids is 1. The van der Waals surface area contributed by atoms with E-state index < -0.39 is 0 Å². The van der Waals surface area contributed by atoms with Crippen LogP contribution in [0.4, 0.5) is 0 Å². The van der Waals surface area contributed by atoms with Gasteiger partial charge in [0.15, 0.2) is 0 Å². The Morgan fingerprint density at radius 2 is 1.96 bits per heavy atom. The van der Waals surface area contributed by atoms with Crippen LogP contribution >= 0.6 is 0 Å². The second-order valence-corrected chi connectivity index (χ2v) is 5.70. The van der Waals surface area contributed by atoms with Gasteiger partial charge in [0.1, 0.15) is 11.5 Å². The third-order valence-corrected chi connectivity index (χ3v) is 3.94. The molecule has 1 N–H and O–H groups in total. The Bertz CT molecular complexity index is 896. The van der Waals surface area contributed by atoms with E-state index in [1.807, 2.05) is 12.1 Å². The van der Waals surface area contributed by atoms with Crippen molar-refractivity contribution in [1.82, 2.24) is 20.4 Å². The summed E-state index contributed by atoms with van der Waals surface area (Å²) in [6.45, 7) is 0.359. The summed E-state index contributed by atoms with van der Waals surface area (Å²) < 4.78 is 15.7. The van der Waals surface area contributed by atoms with Gasteiger partial charge in [-0.3, -0.25) is 9.78 Å². The van der Waals surface area contributed by atoms with Crippen LogP contribution in [-0.4, -0.2) is 35.3 Å². The molecule has 27 heavy (non-hydrogen) atoms. The molecule has 0 aliphatic carbocycles. The predicted molar refractivity (Wildman–Crippen MR) is 97.2 cm³/mol. The zero-order chi connectivity index (χ0) is 19.1. The van der Waals surface area contributed by atoms with Gasteiger partial charge < -0.3 is 19.3 Å². The zero-order valence-electron chi connectivity index (χ0n) is 15.1. The van der Waals surface area contributed by atoms with Gasteiger partial charge in [-0.15, -0.1) is 0 Å². The summed E-state index contributed by atoms with van der Waals surface area (Å²) in [7, 11) is 3.17. The molecule has 0 saturated carbocycles. The molecule has 0 spiro atoms. The molecule has 1 aromatic carbocycles. The van der Waals surface area contributed by atoms with Crippen molar-refractivity contribution in [3.63, 3.8) is 0 Å². The smallest absolute Gasteiger partial charge is 0.227 e. The van der Waals surface area contributed by atoms with E-state index >= 15 is 0 Å². The molecule has 2 aromatic heterocycles. The fraction of sp³-hybridized carbons (Fsp3) is 0.263. The Labute approximate surface area is 156 Å². The van der Waals surface area contributed by atoms with Crippen molar-refractivity contribution in [3.8, 4) is 22.9 Å². The highest BCUT2D eigenvalue weighted by atomic mass is 16.5. The van der Waals surface area contributed by atoms with E-state index in [1.165, 1.54) is 0 Å². The summed E-state index contributed by atoms with van der Waals surface area (Å²) in [4.78, 5) is 20.4. The van der Waals surface area contributed by atoms with Crippen molar-refractivity contribution in [2.45, 2.75) is 19.4 Å². The minimum atomic E-state index is -0.114. The van der Waals surface area contributed by atoms with Crippen LogP contribution < -0.4 is 14.8 Å². The molecule has 0 bridgehead atoms. The monoisotopic (exact) mass is 368 g/mol. The molecule has 0 radical (unpaired) electrons. The molecule has 8 nitrogen and oxygen atoms in total. The first-order valence-electron chi connectivity index (χ1n) is 8.40. The molecule has 3 rings (SSSR count). The summed E-state index contributed by atoms with van der Waals surface area (Å²) >= 11 is 0. The molecule has 0 fully saturated rings. The average Bonchev–Trinajstić information content (AvgIpc) is 3.20. The lowest BCUT2D eigenvalue weighted by atomic mass is 10.2. The SMILES string of the molecule is COc1ccc(CNC(=O)CCc2nc(-c3ccncc3)no2)c(OC)c1. The van der Waals surface area contributed by atoms with Crippen LogP contribution in [-0.2, 0) is 17.8 Å². The van der Waals surface area contributed by atoms with Gasteiger partial charge in [0, 0.05) is 49.0 Å². The molecule has 0 atom stereocenters. The van der Waals surface area contributed by atoms with E-state index in [0.717, 1.165) is 11.1 Å². The first-order chi connectivity index (χ1) is 13.2. The first-order valence-corrected chi connectivity index (χ1v) is 8.40. The summed E-state index contributed by atoms with van der Waals surface area (Å²) in [5.41, 5.74) is 1.68. The number of hydrogen-bond donors (Lipinski definition) is 1. The molecule has 0 aliphatic rings. The molecular formula is C19H20N4O4. The summed E-state index contributed by atoms with van der Waals surface area (Å²) in [5, 5.41) is 6.78. The molecular weight excluding hydrogens is 348 g/mol. The number of nitrogens with zero attached hydrogens (tertiary/aromatic N) is 3. The average molecular weight is 368 g/mol. The number of rotatable bonds is 8. The zero-order valence-corrected chi connectivity index (χ0v) is 15.1. The van der Waals surface area contributed by atoms with E-state index in [2.05, 4.69) is 20.4 Å². The summed E-state index contributed by atoms with van der Waals surface area (Å²) in [6, 6.07) is 9.05. The third-order valence-electron chi connectivity index (χ3n) is 3.94. The normalized spacial score (nSPS) is 10.4. The second kappa shape index (κ2) is 8.79. The maximum absolute atomic E-state index is 12.1. The fourth-order valence-corrected chi connectivity index (χ4v) is 2.48. The van der Waals surface area contributed by atoms with E-state index in [0.29, 0.717) is 36.2 Å². The molecule has 1 amide bonds. The Kier molecular flexibility index (Phi) is 5.98. The highest BCUT2D eigenvalue weighted by Gasteiger charge is 2.11. The Morgan fingerprint density at radius 1 is 1.15 bits per heavy atom. The molecule has 0 aliphatic heterocycles. The van der Waals surface area contributed by atoms with Crippen LogP contribution in [0.1, 0.15) is 17.9 Å². The van der Waals surface area contributed by atoms with Crippen molar-refractivity contribution < 1.29 is 18.8 Å². The first kappa shape index (κ1) is 18.4. The van der Waals surface area contributed by atoms with Gasteiger partial charge in [0.05, 0.1) is 14.2 Å². The maximum atomic E-state index is 12.1. The standard InChI is InChI=1S/C19H20N4O4/c1-25-15-4-3-14(16(11-15)26-2)12-21-17(24)5-6-18-22-19(23-27-18)13-7-9-20-10-8-13/h3-4,7-11H,5-6,12H2,1-2H3,(H,21,24). The Hall–Kier alpha value is -3.42.